The molecule has 6 heterocycles. The Bertz CT molecular complexity index is 3100. The van der Waals surface area contributed by atoms with Gasteiger partial charge in [-0.3, -0.25) is 14.5 Å². The molecule has 5 aromatic carbocycles. The first-order valence-corrected chi connectivity index (χ1v) is 16.2. The van der Waals surface area contributed by atoms with Crippen LogP contribution in [-0.2, 0) is 0 Å². The Labute approximate surface area is 278 Å². The number of furan rings is 1. The third kappa shape index (κ3) is 3.61. The van der Waals surface area contributed by atoms with Crippen LogP contribution in [0.2, 0.25) is 0 Å². The van der Waals surface area contributed by atoms with Crippen molar-refractivity contribution in [2.45, 2.75) is 0 Å². The second-order valence-electron chi connectivity index (χ2n) is 12.3. The molecule has 0 atom stereocenters. The summed E-state index contributed by atoms with van der Waals surface area (Å²) in [5, 5.41) is 5.17. The molecule has 7 nitrogen and oxygen atoms in total. The Morgan fingerprint density at radius 1 is 0.449 bits per heavy atom. The minimum absolute atomic E-state index is 0.618. The van der Waals surface area contributed by atoms with E-state index in [1.807, 2.05) is 67.0 Å². The summed E-state index contributed by atoms with van der Waals surface area (Å²) in [5.74, 6) is 1.28. The highest BCUT2D eigenvalue weighted by Gasteiger charge is 2.25. The van der Waals surface area contributed by atoms with Crippen LogP contribution < -0.4 is 0 Å². The summed E-state index contributed by atoms with van der Waals surface area (Å²) in [6.45, 7) is 0. The number of hydrogen-bond acceptors (Lipinski definition) is 5. The Balaban J connectivity index is 1.34. The number of nitrogens with zero attached hydrogens (tertiary/aromatic N) is 6. The van der Waals surface area contributed by atoms with Crippen molar-refractivity contribution >= 4 is 76.7 Å². The van der Waals surface area contributed by atoms with Crippen molar-refractivity contribution in [2.75, 3.05) is 0 Å². The fourth-order valence-corrected chi connectivity index (χ4v) is 7.49. The second-order valence-corrected chi connectivity index (χ2v) is 12.3. The lowest BCUT2D eigenvalue weighted by atomic mass is 10.1. The van der Waals surface area contributed by atoms with E-state index < -0.39 is 0 Å². The van der Waals surface area contributed by atoms with Gasteiger partial charge in [0.1, 0.15) is 22.1 Å². The fourth-order valence-electron chi connectivity index (χ4n) is 7.49. The molecule has 0 radical (unpaired) electrons. The number of rotatable bonds is 3. The number of pyridine rings is 2. The molecule has 49 heavy (non-hydrogen) atoms. The van der Waals surface area contributed by atoms with E-state index in [4.69, 9.17) is 24.4 Å². The third-order valence-corrected chi connectivity index (χ3v) is 9.61. The van der Waals surface area contributed by atoms with E-state index in [-0.39, 0.29) is 0 Å². The number of benzene rings is 5. The van der Waals surface area contributed by atoms with Gasteiger partial charge in [0.05, 0.1) is 22.1 Å². The van der Waals surface area contributed by atoms with Crippen LogP contribution in [0.3, 0.4) is 0 Å². The smallest absolute Gasteiger partial charge is 0.197 e. The van der Waals surface area contributed by atoms with E-state index in [1.165, 1.54) is 0 Å². The average molecular weight is 629 g/mol. The van der Waals surface area contributed by atoms with E-state index in [2.05, 4.69) is 88.0 Å². The van der Waals surface area contributed by atoms with Gasteiger partial charge in [-0.05, 0) is 36.4 Å². The molecular formula is C42H24N6O. The molecule has 0 bridgehead atoms. The summed E-state index contributed by atoms with van der Waals surface area (Å²) in [6, 6.07) is 45.5. The molecule has 6 aromatic heterocycles. The van der Waals surface area contributed by atoms with Gasteiger partial charge in [-0.1, -0.05) is 97.1 Å². The van der Waals surface area contributed by atoms with Crippen LogP contribution >= 0.6 is 0 Å². The van der Waals surface area contributed by atoms with Crippen LogP contribution in [0.4, 0.5) is 0 Å². The van der Waals surface area contributed by atoms with Crippen molar-refractivity contribution in [1.82, 2.24) is 29.1 Å². The molecule has 11 rings (SSSR count). The maximum Gasteiger partial charge on any atom is 0.197 e. The zero-order valence-electron chi connectivity index (χ0n) is 25.9. The van der Waals surface area contributed by atoms with Gasteiger partial charge in [0.15, 0.2) is 17.2 Å². The van der Waals surface area contributed by atoms with Gasteiger partial charge in [0, 0.05) is 50.6 Å². The van der Waals surface area contributed by atoms with Gasteiger partial charge in [0.2, 0.25) is 0 Å². The number of hydrogen-bond donors (Lipinski definition) is 0. The number of fused-ring (bicyclic) bond motifs is 12. The van der Waals surface area contributed by atoms with E-state index in [0.717, 1.165) is 82.4 Å². The first-order valence-electron chi connectivity index (χ1n) is 16.2. The largest absolute Gasteiger partial charge is 0.450 e. The highest BCUT2D eigenvalue weighted by atomic mass is 16.3. The summed E-state index contributed by atoms with van der Waals surface area (Å²) in [6.07, 6.45) is 3.98. The molecule has 0 N–H and O–H groups in total. The van der Waals surface area contributed by atoms with Crippen molar-refractivity contribution in [3.05, 3.63) is 146 Å². The Kier molecular flexibility index (Phi) is 5.26. The molecule has 0 saturated heterocycles. The normalized spacial score (nSPS) is 12.1. The maximum atomic E-state index is 6.61. The van der Waals surface area contributed by atoms with Crippen molar-refractivity contribution in [1.29, 1.82) is 0 Å². The minimum atomic E-state index is 0.618. The van der Waals surface area contributed by atoms with Gasteiger partial charge in [-0.15, -0.1) is 0 Å². The van der Waals surface area contributed by atoms with Crippen molar-refractivity contribution in [2.24, 2.45) is 0 Å². The topological polar surface area (TPSA) is 74.6 Å². The summed E-state index contributed by atoms with van der Waals surface area (Å²) >= 11 is 0. The van der Waals surface area contributed by atoms with E-state index in [1.54, 1.807) is 0 Å². The second kappa shape index (κ2) is 9.82. The highest BCUT2D eigenvalue weighted by Crippen LogP contribution is 2.42. The van der Waals surface area contributed by atoms with Gasteiger partial charge >= 0.3 is 0 Å². The summed E-state index contributed by atoms with van der Waals surface area (Å²) in [7, 11) is 0. The molecule has 7 heteroatoms. The molecule has 0 amide bonds. The summed E-state index contributed by atoms with van der Waals surface area (Å²) in [4.78, 5) is 20.8. The van der Waals surface area contributed by atoms with Gasteiger partial charge in [-0.25, -0.2) is 9.97 Å². The Morgan fingerprint density at radius 2 is 1.00 bits per heavy atom. The zero-order chi connectivity index (χ0) is 32.1. The van der Waals surface area contributed by atoms with Gasteiger partial charge < -0.3 is 8.98 Å². The van der Waals surface area contributed by atoms with Gasteiger partial charge in [-0.2, -0.15) is 0 Å². The summed E-state index contributed by atoms with van der Waals surface area (Å²) < 4.78 is 11.1. The minimum Gasteiger partial charge on any atom is -0.450 e. The Hall–Kier alpha value is -6.86. The van der Waals surface area contributed by atoms with E-state index in [0.29, 0.717) is 17.2 Å². The van der Waals surface area contributed by atoms with E-state index >= 15 is 0 Å². The quantitative estimate of drug-likeness (QED) is 0.195. The molecule has 228 valence electrons. The number of aromatic nitrogens is 6. The predicted octanol–water partition coefficient (Wildman–Crippen LogP) is 10.2. The fraction of sp³-hybridized carbons (Fsp3) is 0. The molecule has 0 aliphatic heterocycles. The molecular weight excluding hydrogens is 605 g/mol. The molecule has 0 saturated carbocycles. The van der Waals surface area contributed by atoms with Crippen LogP contribution in [-0.4, -0.2) is 29.1 Å². The number of para-hydroxylation sites is 4. The Morgan fingerprint density at radius 3 is 1.69 bits per heavy atom. The third-order valence-electron chi connectivity index (χ3n) is 9.61. The lowest BCUT2D eigenvalue weighted by Crippen LogP contribution is -2.03. The SMILES string of the molecule is c1ccc(-c2nc(-n3c4ccccc4c4cnc5c(ncc6c7ccccc7n(-c7ccccc7)c65)c43)c3oc4ccccc4c3n2)cc1. The lowest BCUT2D eigenvalue weighted by Gasteiger charge is -2.12. The van der Waals surface area contributed by atoms with Crippen LogP contribution in [0, 0.1) is 0 Å². The molecule has 0 fully saturated rings. The van der Waals surface area contributed by atoms with Crippen molar-refractivity contribution in [3.63, 3.8) is 0 Å². The molecule has 0 aliphatic rings. The van der Waals surface area contributed by atoms with Crippen LogP contribution in [0.1, 0.15) is 0 Å². The molecule has 0 unspecified atom stereocenters. The molecule has 11 aromatic rings. The maximum absolute atomic E-state index is 6.61. The molecule has 0 spiro atoms. The van der Waals surface area contributed by atoms with Crippen LogP contribution in [0.15, 0.2) is 150 Å². The standard InChI is InChI=1S/C42H24N6O/c1-3-13-25(14-4-1)41-45-35-29-19-9-12-22-34(29)49-40(35)42(46-41)48-33-21-11-8-18-28(33)31-24-43-36-37(39(31)48)44-23-30-27-17-7-10-20-32(27)47(38(30)36)26-15-5-2-6-16-26/h1-24H. The summed E-state index contributed by atoms with van der Waals surface area (Å²) in [5.41, 5.74) is 9.75. The van der Waals surface area contributed by atoms with Crippen molar-refractivity contribution in [3.8, 4) is 22.9 Å². The zero-order valence-corrected chi connectivity index (χ0v) is 25.9. The predicted molar refractivity (Wildman–Crippen MR) is 197 cm³/mol. The monoisotopic (exact) mass is 628 g/mol. The first-order chi connectivity index (χ1) is 24.3. The average Bonchev–Trinajstić information content (AvgIpc) is 3.83. The highest BCUT2D eigenvalue weighted by molar-refractivity contribution is 6.23. The van der Waals surface area contributed by atoms with Crippen LogP contribution in [0.5, 0.6) is 0 Å². The first kappa shape index (κ1) is 26.2. The lowest BCUT2D eigenvalue weighted by molar-refractivity contribution is 0.662. The van der Waals surface area contributed by atoms with E-state index in [9.17, 15) is 0 Å². The van der Waals surface area contributed by atoms with Crippen LogP contribution in [0.25, 0.3) is 99.6 Å². The van der Waals surface area contributed by atoms with Gasteiger partial charge in [0.25, 0.3) is 0 Å². The molecule has 0 aliphatic carbocycles. The van der Waals surface area contributed by atoms with Crippen molar-refractivity contribution < 1.29 is 4.42 Å².